The maximum atomic E-state index is 14.1. The van der Waals surface area contributed by atoms with Gasteiger partial charge in [0.25, 0.3) is 0 Å². The number of carbonyl (C=O) groups is 2. The molecule has 0 saturated heterocycles. The second kappa shape index (κ2) is 16.0. The van der Waals surface area contributed by atoms with Gasteiger partial charge in [-0.2, -0.15) is 0 Å². The van der Waals surface area contributed by atoms with Crippen LogP contribution in [0.15, 0.2) is 0 Å². The number of rotatable bonds is 10. The molecule has 16 atom stereocenters. The zero-order valence-electron chi connectivity index (χ0n) is 36.3. The topological polar surface area (TPSA) is 89.5 Å². The summed E-state index contributed by atoms with van der Waals surface area (Å²) in [5.74, 6) is 3.75. The maximum absolute atomic E-state index is 14.1. The van der Waals surface area contributed by atoms with Crippen LogP contribution in [0.2, 0.25) is 0 Å². The summed E-state index contributed by atoms with van der Waals surface area (Å²) in [5, 5.41) is 0. The minimum atomic E-state index is -0.291. The van der Waals surface area contributed by atoms with Crippen molar-refractivity contribution >= 4 is 11.6 Å². The van der Waals surface area contributed by atoms with Crippen LogP contribution in [-0.4, -0.2) is 78.0 Å². The van der Waals surface area contributed by atoms with Crippen molar-refractivity contribution in [2.75, 3.05) is 42.0 Å². The van der Waals surface area contributed by atoms with E-state index in [0.717, 1.165) is 63.7 Å². The van der Waals surface area contributed by atoms with E-state index in [1.165, 1.54) is 25.7 Å². The van der Waals surface area contributed by atoms with Crippen molar-refractivity contribution in [3.8, 4) is 0 Å². The van der Waals surface area contributed by atoms with Crippen LogP contribution < -0.4 is 0 Å². The zero-order valence-corrected chi connectivity index (χ0v) is 36.3. The molecular weight excluding hydrogens is 680 g/mol. The molecule has 0 aliphatic heterocycles. The summed E-state index contributed by atoms with van der Waals surface area (Å²) in [6.45, 7) is 19.0. The quantitative estimate of drug-likeness (QED) is 0.204. The van der Waals surface area contributed by atoms with E-state index in [-0.39, 0.29) is 69.2 Å². The Morgan fingerprint density at radius 1 is 0.611 bits per heavy atom. The van der Waals surface area contributed by atoms with Crippen molar-refractivity contribution in [2.45, 2.75) is 163 Å². The molecule has 7 fully saturated rings. The summed E-state index contributed by atoms with van der Waals surface area (Å²) < 4.78 is 35.4. The van der Waals surface area contributed by atoms with Crippen molar-refractivity contribution in [1.29, 1.82) is 0 Å². The average Bonchev–Trinajstić information content (AvgIpc) is 3.74. The van der Waals surface area contributed by atoms with Gasteiger partial charge in [0.2, 0.25) is 0 Å². The smallest absolute Gasteiger partial charge is 0.146 e. The fourth-order valence-electron chi connectivity index (χ4n) is 14.8. The van der Waals surface area contributed by atoms with Gasteiger partial charge in [0, 0.05) is 62.4 Å². The third kappa shape index (κ3) is 6.73. The summed E-state index contributed by atoms with van der Waals surface area (Å²) in [4.78, 5) is 27.3. The largest absolute Gasteiger partial charge is 0.381 e. The van der Waals surface area contributed by atoms with E-state index in [9.17, 15) is 9.59 Å². The van der Waals surface area contributed by atoms with E-state index >= 15 is 0 Å². The SMILES string of the molecule is COCO[C@@H]1C[C@@](C)(CC2CC2)C(=O)[C@H](C)C23CC[C@@H](C)[C@]1(C)C2[C@H](OC)CC3.COCO[C@@H]1C[C@H](C)C(=O)[C@H](C)C23CC[C@@H](C)[C@]1(C)C2[C@H](OC)CC3. The van der Waals surface area contributed by atoms with Gasteiger partial charge in [0.05, 0.1) is 24.4 Å². The third-order valence-corrected chi connectivity index (χ3v) is 18.4. The summed E-state index contributed by atoms with van der Waals surface area (Å²) >= 11 is 0. The monoisotopic (exact) mass is 759 g/mol. The van der Waals surface area contributed by atoms with Crippen LogP contribution in [-0.2, 0) is 38.0 Å². The molecule has 4 unspecified atom stereocenters. The number of Topliss-reactive ketones (excluding diaryl/α,β-unsaturated/α-hetero) is 2. The summed E-state index contributed by atoms with van der Waals surface area (Å²) in [6.07, 6.45) is 14.7. The van der Waals surface area contributed by atoms with Gasteiger partial charge in [0.15, 0.2) is 0 Å². The van der Waals surface area contributed by atoms with Gasteiger partial charge in [-0.1, -0.05) is 68.2 Å². The Bertz CT molecular complexity index is 1330. The molecule has 0 heterocycles. The Morgan fingerprint density at radius 3 is 1.56 bits per heavy atom. The van der Waals surface area contributed by atoms with Crippen LogP contribution in [0.4, 0.5) is 0 Å². The highest BCUT2D eigenvalue weighted by Crippen LogP contribution is 2.70. The van der Waals surface area contributed by atoms with Gasteiger partial charge in [-0.3, -0.25) is 9.59 Å². The number of hydrogen-bond donors (Lipinski definition) is 0. The first-order chi connectivity index (χ1) is 25.5. The molecule has 7 rings (SSSR count). The minimum absolute atomic E-state index is 0.00622. The molecule has 0 aromatic rings. The summed E-state index contributed by atoms with van der Waals surface area (Å²) in [6, 6.07) is 0. The Labute approximate surface area is 328 Å². The normalized spacial score (nSPS) is 50.2. The van der Waals surface area contributed by atoms with Gasteiger partial charge in [-0.15, -0.1) is 0 Å². The molecule has 310 valence electrons. The number of ether oxygens (including phenoxy) is 6. The molecule has 0 amide bonds. The molecule has 7 saturated carbocycles. The van der Waals surface area contributed by atoms with E-state index in [2.05, 4.69) is 55.4 Å². The van der Waals surface area contributed by atoms with E-state index in [4.69, 9.17) is 28.4 Å². The lowest BCUT2D eigenvalue weighted by Gasteiger charge is -2.62. The van der Waals surface area contributed by atoms with Crippen LogP contribution in [0.25, 0.3) is 0 Å². The predicted molar refractivity (Wildman–Crippen MR) is 211 cm³/mol. The highest BCUT2D eigenvalue weighted by molar-refractivity contribution is 5.87. The highest BCUT2D eigenvalue weighted by atomic mass is 16.7. The van der Waals surface area contributed by atoms with Crippen LogP contribution >= 0.6 is 0 Å². The van der Waals surface area contributed by atoms with Crippen molar-refractivity contribution < 1.29 is 38.0 Å². The van der Waals surface area contributed by atoms with E-state index in [1.807, 2.05) is 14.2 Å². The minimum Gasteiger partial charge on any atom is -0.381 e. The lowest BCUT2D eigenvalue weighted by atomic mass is 9.43. The van der Waals surface area contributed by atoms with Gasteiger partial charge in [0.1, 0.15) is 25.2 Å². The van der Waals surface area contributed by atoms with Gasteiger partial charge >= 0.3 is 0 Å². The first-order valence-electron chi connectivity index (χ1n) is 21.9. The van der Waals surface area contributed by atoms with Crippen molar-refractivity contribution in [2.24, 2.45) is 74.4 Å². The molecule has 4 bridgehead atoms. The molecular formula is C46H78O8. The van der Waals surface area contributed by atoms with Crippen molar-refractivity contribution in [3.05, 3.63) is 0 Å². The Hall–Kier alpha value is -0.900. The molecule has 54 heavy (non-hydrogen) atoms. The second-order valence-corrected chi connectivity index (χ2v) is 20.5. The van der Waals surface area contributed by atoms with E-state index < -0.39 is 0 Å². The fraction of sp³-hybridized carbons (Fsp3) is 0.957. The first-order valence-corrected chi connectivity index (χ1v) is 21.9. The summed E-state index contributed by atoms with van der Waals surface area (Å²) in [5.41, 5.74) is -0.160. The molecule has 0 spiro atoms. The molecule has 7 aliphatic rings. The first kappa shape index (κ1) is 42.7. The molecule has 0 aromatic carbocycles. The molecule has 0 N–H and O–H groups in total. The lowest BCUT2D eigenvalue weighted by molar-refractivity contribution is -0.220. The van der Waals surface area contributed by atoms with Gasteiger partial charge in [-0.25, -0.2) is 0 Å². The Balaban J connectivity index is 0.000000186. The maximum Gasteiger partial charge on any atom is 0.146 e. The van der Waals surface area contributed by atoms with Crippen LogP contribution in [0.1, 0.15) is 139 Å². The van der Waals surface area contributed by atoms with E-state index in [0.29, 0.717) is 48.8 Å². The van der Waals surface area contributed by atoms with Crippen molar-refractivity contribution in [3.63, 3.8) is 0 Å². The van der Waals surface area contributed by atoms with Crippen LogP contribution in [0, 0.1) is 74.4 Å². The molecule has 0 radical (unpaired) electrons. The fourth-order valence-corrected chi connectivity index (χ4v) is 14.8. The lowest BCUT2D eigenvalue weighted by Crippen LogP contribution is -2.63. The predicted octanol–water partition coefficient (Wildman–Crippen LogP) is 9.31. The number of carbonyl (C=O) groups excluding carboxylic acids is 2. The Morgan fingerprint density at radius 2 is 1.07 bits per heavy atom. The van der Waals surface area contributed by atoms with Crippen LogP contribution in [0.3, 0.4) is 0 Å². The molecule has 0 aromatic heterocycles. The zero-order chi connectivity index (χ0) is 39.4. The van der Waals surface area contributed by atoms with Crippen molar-refractivity contribution in [1.82, 2.24) is 0 Å². The average molecular weight is 759 g/mol. The highest BCUT2D eigenvalue weighted by Gasteiger charge is 2.69. The van der Waals surface area contributed by atoms with Gasteiger partial charge in [-0.05, 0) is 111 Å². The third-order valence-electron chi connectivity index (χ3n) is 18.4. The number of ketones is 2. The van der Waals surface area contributed by atoms with Crippen LogP contribution in [0.5, 0.6) is 0 Å². The standard InChI is InChI=1S/C25H42O4.C21H36O4/c1-16-9-11-25-12-10-19(28-6)21(25)24(16,4)20(29-15-27-5)14-23(3,13-18-7-8-18)22(26)17(25)2;1-13-11-17(25-12-23-5)20(4)14(2)7-9-21(15(3)18(13)22)10-8-16(24-6)19(20)21/h16-21H,7-15H2,1-6H3;13-17,19H,7-12H2,1-6H3/t16-,17+,19-,20-,21?,23-,24+,25?;13-,14+,15-,16+,17+,19?,20-,21?/m10/s1. The number of hydrogen-bond acceptors (Lipinski definition) is 8. The second-order valence-electron chi connectivity index (χ2n) is 20.5. The van der Waals surface area contributed by atoms with Gasteiger partial charge < -0.3 is 28.4 Å². The summed E-state index contributed by atoms with van der Waals surface area (Å²) in [7, 11) is 7.07. The molecule has 7 aliphatic carbocycles. The number of methoxy groups -OCH3 is 4. The molecule has 8 nitrogen and oxygen atoms in total. The molecule has 8 heteroatoms. The Kier molecular flexibility index (Phi) is 12.7. The van der Waals surface area contributed by atoms with E-state index in [1.54, 1.807) is 14.2 Å².